The van der Waals surface area contributed by atoms with Gasteiger partial charge in [0.15, 0.2) is 9.84 Å². The number of sulfone groups is 1. The van der Waals surface area contributed by atoms with Crippen molar-refractivity contribution in [1.29, 1.82) is 0 Å². The molecular formula is C14H17N3O3S. The molecule has 1 aromatic carbocycles. The first-order chi connectivity index (χ1) is 10.0. The molecule has 1 saturated heterocycles. The molecule has 0 aliphatic carbocycles. The predicted molar refractivity (Wildman–Crippen MR) is 80.2 cm³/mol. The average Bonchev–Trinajstić information content (AvgIpc) is 3.11. The van der Waals surface area contributed by atoms with Crippen LogP contribution in [0.2, 0.25) is 0 Å². The number of hydrogen-bond acceptors (Lipinski definition) is 6. The Hall–Kier alpha value is -1.60. The molecule has 1 aromatic rings. The normalized spacial score (nSPS) is 32.5. The van der Waals surface area contributed by atoms with Crippen molar-refractivity contribution < 1.29 is 13.5 Å². The highest BCUT2D eigenvalue weighted by Crippen LogP contribution is 2.52. The van der Waals surface area contributed by atoms with E-state index in [-0.39, 0.29) is 5.75 Å². The minimum atomic E-state index is -3.55. The number of nitrogens with zero attached hydrogens (tertiary/aromatic N) is 2. The maximum atomic E-state index is 12.4. The van der Waals surface area contributed by atoms with Gasteiger partial charge in [0.25, 0.3) is 0 Å². The molecule has 0 amide bonds. The summed E-state index contributed by atoms with van der Waals surface area (Å²) in [5, 5.41) is 14.2. The van der Waals surface area contributed by atoms with E-state index >= 15 is 0 Å². The average molecular weight is 307 g/mol. The molecule has 3 aliphatic rings. The molecule has 3 heterocycles. The number of aliphatic imine (C=N–C) groups is 1. The van der Waals surface area contributed by atoms with Gasteiger partial charge >= 0.3 is 0 Å². The van der Waals surface area contributed by atoms with E-state index in [1.54, 1.807) is 12.1 Å². The molecule has 2 unspecified atom stereocenters. The smallest absolute Gasteiger partial charge is 0.214 e. The van der Waals surface area contributed by atoms with Crippen LogP contribution in [0.5, 0.6) is 0 Å². The molecule has 0 spiro atoms. The zero-order valence-electron chi connectivity index (χ0n) is 11.5. The summed E-state index contributed by atoms with van der Waals surface area (Å²) in [4.78, 5) is 4.59. The van der Waals surface area contributed by atoms with E-state index in [2.05, 4.69) is 10.3 Å². The molecule has 0 bridgehead atoms. The summed E-state index contributed by atoms with van der Waals surface area (Å²) in [6.07, 6.45) is 0.445. The molecule has 21 heavy (non-hydrogen) atoms. The van der Waals surface area contributed by atoms with Crippen molar-refractivity contribution >= 4 is 21.4 Å². The number of hydrogen-bond donors (Lipinski definition) is 2. The van der Waals surface area contributed by atoms with Crippen LogP contribution < -0.4 is 10.2 Å². The Balaban J connectivity index is 1.83. The van der Waals surface area contributed by atoms with E-state index in [0.29, 0.717) is 18.5 Å². The lowest BCUT2D eigenvalue weighted by molar-refractivity contribution is 0.113. The number of fused-ring (bicyclic) bond motifs is 3. The van der Waals surface area contributed by atoms with Crippen molar-refractivity contribution in [3.05, 3.63) is 29.8 Å². The first kappa shape index (κ1) is 13.1. The second kappa shape index (κ2) is 4.20. The molecule has 112 valence electrons. The topological polar surface area (TPSA) is 82.0 Å². The van der Waals surface area contributed by atoms with E-state index < -0.39 is 20.8 Å². The van der Waals surface area contributed by atoms with E-state index in [4.69, 9.17) is 0 Å². The van der Waals surface area contributed by atoms with Crippen molar-refractivity contribution in [3.8, 4) is 0 Å². The third-order valence-corrected chi connectivity index (χ3v) is 6.84. The second-order valence-electron chi connectivity index (χ2n) is 5.72. The quantitative estimate of drug-likeness (QED) is 0.793. The first-order valence-corrected chi connectivity index (χ1v) is 8.77. The zero-order valence-corrected chi connectivity index (χ0v) is 12.3. The number of amidine groups is 1. The van der Waals surface area contributed by atoms with Crippen LogP contribution in [0.4, 0.5) is 5.69 Å². The van der Waals surface area contributed by atoms with Crippen molar-refractivity contribution in [2.45, 2.75) is 17.4 Å². The van der Waals surface area contributed by atoms with Gasteiger partial charge in [-0.2, -0.15) is 0 Å². The van der Waals surface area contributed by atoms with Gasteiger partial charge in [0.1, 0.15) is 5.84 Å². The van der Waals surface area contributed by atoms with Crippen LogP contribution >= 0.6 is 0 Å². The van der Waals surface area contributed by atoms with Gasteiger partial charge in [0.2, 0.25) is 4.93 Å². The van der Waals surface area contributed by atoms with Gasteiger partial charge in [-0.15, -0.1) is 0 Å². The van der Waals surface area contributed by atoms with E-state index in [9.17, 15) is 13.5 Å². The van der Waals surface area contributed by atoms with Gasteiger partial charge in [-0.3, -0.25) is 4.99 Å². The van der Waals surface area contributed by atoms with Crippen molar-refractivity contribution in [2.24, 2.45) is 4.99 Å². The highest BCUT2D eigenvalue weighted by Gasteiger charge is 2.62. The SMILES string of the molecule is O=S1(=O)CCC2N(CC3=NCCN3)c3ccccc3C21O. The summed E-state index contributed by atoms with van der Waals surface area (Å²) in [6, 6.07) is 6.81. The standard InChI is InChI=1S/C14H17N3O3S/c18-14-10-3-1-2-4-11(10)17(9-13-15-6-7-16-13)12(14)5-8-21(14,19)20/h1-4,12,18H,5-9H2,(H,15,16). The van der Waals surface area contributed by atoms with E-state index in [1.165, 1.54) is 0 Å². The van der Waals surface area contributed by atoms with E-state index in [1.807, 2.05) is 17.0 Å². The van der Waals surface area contributed by atoms with Crippen LogP contribution in [-0.2, 0) is 14.8 Å². The molecule has 3 aliphatic heterocycles. The number of rotatable bonds is 2. The van der Waals surface area contributed by atoms with Crippen LogP contribution in [0.25, 0.3) is 0 Å². The lowest BCUT2D eigenvalue weighted by Crippen LogP contribution is -2.47. The third kappa shape index (κ3) is 1.61. The number of benzene rings is 1. The molecule has 2 N–H and O–H groups in total. The highest BCUT2D eigenvalue weighted by atomic mass is 32.2. The van der Waals surface area contributed by atoms with Gasteiger partial charge in [0.05, 0.1) is 24.9 Å². The van der Waals surface area contributed by atoms with Crippen LogP contribution in [0, 0.1) is 0 Å². The van der Waals surface area contributed by atoms with Crippen molar-refractivity contribution in [3.63, 3.8) is 0 Å². The van der Waals surface area contributed by atoms with Gasteiger partial charge in [-0.1, -0.05) is 18.2 Å². The minimum Gasteiger partial charge on any atom is -0.370 e. The van der Waals surface area contributed by atoms with Gasteiger partial charge in [-0.25, -0.2) is 8.42 Å². The predicted octanol–water partition coefficient (Wildman–Crippen LogP) is -0.159. The number of para-hydroxylation sites is 1. The Morgan fingerprint density at radius 3 is 3.00 bits per heavy atom. The molecule has 0 saturated carbocycles. The molecule has 0 aromatic heterocycles. The molecule has 6 nitrogen and oxygen atoms in total. The summed E-state index contributed by atoms with van der Waals surface area (Å²) in [5.74, 6) is 0.886. The zero-order chi connectivity index (χ0) is 14.7. The minimum absolute atomic E-state index is 0.0267. The Bertz CT molecular complexity index is 731. The fraction of sp³-hybridized carbons (Fsp3) is 0.500. The Labute approximate surface area is 123 Å². The summed E-state index contributed by atoms with van der Waals surface area (Å²) in [5.41, 5.74) is 1.30. The maximum Gasteiger partial charge on any atom is 0.214 e. The van der Waals surface area contributed by atoms with Crippen LogP contribution in [0.1, 0.15) is 12.0 Å². The second-order valence-corrected chi connectivity index (χ2v) is 7.98. The van der Waals surface area contributed by atoms with Crippen LogP contribution in [0.15, 0.2) is 29.3 Å². The third-order valence-electron chi connectivity index (χ3n) is 4.63. The highest BCUT2D eigenvalue weighted by molar-refractivity contribution is 7.92. The number of anilines is 1. The Morgan fingerprint density at radius 2 is 2.24 bits per heavy atom. The summed E-state index contributed by atoms with van der Waals surface area (Å²) in [6.45, 7) is 2.08. The van der Waals surface area contributed by atoms with Crippen molar-refractivity contribution in [1.82, 2.24) is 5.32 Å². The Kier molecular flexibility index (Phi) is 2.62. The molecule has 1 fully saturated rings. The van der Waals surface area contributed by atoms with Crippen LogP contribution in [0.3, 0.4) is 0 Å². The van der Waals surface area contributed by atoms with Crippen LogP contribution in [-0.4, -0.2) is 50.8 Å². The van der Waals surface area contributed by atoms with Gasteiger partial charge < -0.3 is 15.3 Å². The van der Waals surface area contributed by atoms with Gasteiger partial charge in [0, 0.05) is 17.8 Å². The molecule has 0 radical (unpaired) electrons. The molecular weight excluding hydrogens is 290 g/mol. The lowest BCUT2D eigenvalue weighted by Gasteiger charge is -2.28. The maximum absolute atomic E-state index is 12.4. The van der Waals surface area contributed by atoms with E-state index in [0.717, 1.165) is 24.6 Å². The fourth-order valence-electron chi connectivity index (χ4n) is 3.64. The lowest BCUT2D eigenvalue weighted by atomic mass is 10.0. The van der Waals surface area contributed by atoms with Crippen molar-refractivity contribution in [2.75, 3.05) is 30.3 Å². The van der Waals surface area contributed by atoms with Gasteiger partial charge in [-0.05, 0) is 12.5 Å². The summed E-state index contributed by atoms with van der Waals surface area (Å²) in [7, 11) is -3.55. The summed E-state index contributed by atoms with van der Waals surface area (Å²) < 4.78 is 24.8. The molecule has 2 atom stereocenters. The number of nitrogens with one attached hydrogen (secondary N) is 1. The fourth-order valence-corrected chi connectivity index (χ4v) is 5.66. The monoisotopic (exact) mass is 307 g/mol. The molecule has 7 heteroatoms. The number of aliphatic hydroxyl groups is 1. The molecule has 4 rings (SSSR count). The summed E-state index contributed by atoms with van der Waals surface area (Å²) >= 11 is 0. The Morgan fingerprint density at radius 1 is 1.43 bits per heavy atom. The first-order valence-electron chi connectivity index (χ1n) is 7.12. The largest absolute Gasteiger partial charge is 0.370 e.